The minimum absolute atomic E-state index is 0.189. The Bertz CT molecular complexity index is 560. The number of aryl methyl sites for hydroxylation is 2. The molecule has 0 N–H and O–H groups in total. The molecule has 2 aromatic rings. The summed E-state index contributed by atoms with van der Waals surface area (Å²) < 4.78 is 27.2. The molecular weight excluding hydrogens is 259 g/mol. The summed E-state index contributed by atoms with van der Waals surface area (Å²) >= 11 is 10.9. The van der Waals surface area contributed by atoms with E-state index < -0.39 is 11.1 Å². The lowest BCUT2D eigenvalue weighted by Crippen LogP contribution is -2.12. The molecule has 0 radical (unpaired) electrons. The van der Waals surface area contributed by atoms with Crippen LogP contribution < -0.4 is 0 Å². The lowest BCUT2D eigenvalue weighted by Gasteiger charge is -2.10. The fraction of sp³-hybridized carbons (Fsp3) is 0.333. The highest BCUT2D eigenvalue weighted by Gasteiger charge is 2.32. The molecule has 0 atom stereocenters. The lowest BCUT2D eigenvalue weighted by atomic mass is 10.3. The molecule has 0 bridgehead atoms. The number of halogens is 4. The van der Waals surface area contributed by atoms with Gasteiger partial charge in [-0.15, -0.1) is 0 Å². The Morgan fingerprint density at radius 3 is 2.56 bits per heavy atom. The summed E-state index contributed by atoms with van der Waals surface area (Å²) in [4.78, 5) is 4.05. The van der Waals surface area contributed by atoms with Crippen LogP contribution in [0.4, 0.5) is 8.78 Å². The van der Waals surface area contributed by atoms with Crippen LogP contribution in [0.1, 0.15) is 17.1 Å². The van der Waals surface area contributed by atoms with Gasteiger partial charge in [0.05, 0.1) is 5.69 Å². The van der Waals surface area contributed by atoms with Crippen LogP contribution in [0.15, 0.2) is 6.07 Å². The molecule has 7 heteroatoms. The maximum Gasteiger partial charge on any atom is 0.364 e. The summed E-state index contributed by atoms with van der Waals surface area (Å²) in [6.07, 6.45) is 0. The van der Waals surface area contributed by atoms with Crippen LogP contribution in [0.2, 0.25) is 5.02 Å². The van der Waals surface area contributed by atoms with Crippen molar-refractivity contribution in [3.8, 4) is 0 Å². The molecule has 16 heavy (non-hydrogen) atoms. The number of fused-ring (bicyclic) bond motifs is 1. The van der Waals surface area contributed by atoms with Crippen molar-refractivity contribution in [2.24, 2.45) is 0 Å². The average Bonchev–Trinajstić information content (AvgIpc) is 2.42. The van der Waals surface area contributed by atoms with Gasteiger partial charge in [-0.1, -0.05) is 11.6 Å². The second-order valence-electron chi connectivity index (χ2n) is 3.42. The molecule has 2 rings (SSSR count). The van der Waals surface area contributed by atoms with Gasteiger partial charge < -0.3 is 0 Å². The van der Waals surface area contributed by atoms with Crippen molar-refractivity contribution in [2.45, 2.75) is 19.2 Å². The minimum Gasteiger partial charge on any atom is -0.232 e. The smallest absolute Gasteiger partial charge is 0.232 e. The molecule has 0 saturated carbocycles. The quantitative estimate of drug-likeness (QED) is 0.741. The van der Waals surface area contributed by atoms with Gasteiger partial charge in [-0.05, 0) is 31.5 Å². The van der Waals surface area contributed by atoms with E-state index in [1.807, 2.05) is 0 Å². The van der Waals surface area contributed by atoms with Crippen molar-refractivity contribution in [3.05, 3.63) is 28.2 Å². The van der Waals surface area contributed by atoms with Crippen LogP contribution in [0.5, 0.6) is 0 Å². The van der Waals surface area contributed by atoms with Gasteiger partial charge in [-0.3, -0.25) is 0 Å². The minimum atomic E-state index is -3.51. The van der Waals surface area contributed by atoms with Crippen LogP contribution in [-0.2, 0) is 5.38 Å². The molecule has 3 nitrogen and oxygen atoms in total. The van der Waals surface area contributed by atoms with Crippen molar-refractivity contribution in [1.82, 2.24) is 14.6 Å². The molecule has 0 aliphatic rings. The molecule has 0 aromatic carbocycles. The number of nitrogens with zero attached hydrogens (tertiary/aromatic N) is 3. The first kappa shape index (κ1) is 11.5. The Hall–Kier alpha value is -0.940. The monoisotopic (exact) mass is 265 g/mol. The fourth-order valence-electron chi connectivity index (χ4n) is 1.42. The highest BCUT2D eigenvalue weighted by atomic mass is 35.5. The Morgan fingerprint density at radius 1 is 1.38 bits per heavy atom. The molecule has 0 spiro atoms. The van der Waals surface area contributed by atoms with Crippen LogP contribution >= 0.6 is 23.2 Å². The average molecular weight is 266 g/mol. The molecular formula is C9H7Cl2F2N3. The van der Waals surface area contributed by atoms with E-state index in [1.54, 1.807) is 13.8 Å². The van der Waals surface area contributed by atoms with Crippen molar-refractivity contribution in [3.63, 3.8) is 0 Å². The zero-order valence-corrected chi connectivity index (χ0v) is 9.94. The zero-order chi connectivity index (χ0) is 12.1. The maximum atomic E-state index is 13.1. The van der Waals surface area contributed by atoms with Crippen molar-refractivity contribution >= 4 is 28.8 Å². The molecule has 0 aliphatic heterocycles. The van der Waals surface area contributed by atoms with Gasteiger partial charge in [0.15, 0.2) is 5.65 Å². The number of hydrogen-bond donors (Lipinski definition) is 0. The van der Waals surface area contributed by atoms with E-state index >= 15 is 0 Å². The predicted molar refractivity (Wildman–Crippen MR) is 57.2 cm³/mol. The molecule has 0 saturated heterocycles. The zero-order valence-electron chi connectivity index (χ0n) is 8.43. The van der Waals surface area contributed by atoms with E-state index in [9.17, 15) is 8.78 Å². The van der Waals surface area contributed by atoms with E-state index in [4.69, 9.17) is 23.2 Å². The topological polar surface area (TPSA) is 30.2 Å². The third-order valence-corrected chi connectivity index (χ3v) is 2.75. The largest absolute Gasteiger partial charge is 0.364 e. The van der Waals surface area contributed by atoms with E-state index in [-0.39, 0.29) is 10.7 Å². The van der Waals surface area contributed by atoms with Crippen molar-refractivity contribution in [1.29, 1.82) is 0 Å². The normalized spacial score (nSPS) is 12.4. The molecule has 2 aromatic heterocycles. The predicted octanol–water partition coefficient (Wildman–Crippen LogP) is 3.29. The summed E-state index contributed by atoms with van der Waals surface area (Å²) in [7, 11) is 0. The molecule has 0 aliphatic carbocycles. The third-order valence-electron chi connectivity index (χ3n) is 2.11. The van der Waals surface area contributed by atoms with Crippen molar-refractivity contribution < 1.29 is 8.78 Å². The second kappa shape index (κ2) is 3.53. The van der Waals surface area contributed by atoms with Crippen molar-refractivity contribution in [2.75, 3.05) is 0 Å². The van der Waals surface area contributed by atoms with E-state index in [0.29, 0.717) is 11.4 Å². The summed E-state index contributed by atoms with van der Waals surface area (Å²) in [6.45, 7) is 3.20. The molecule has 86 valence electrons. The van der Waals surface area contributed by atoms with Gasteiger partial charge in [-0.25, -0.2) is 9.50 Å². The van der Waals surface area contributed by atoms with E-state index in [2.05, 4.69) is 10.1 Å². The first-order valence-corrected chi connectivity index (χ1v) is 5.16. The van der Waals surface area contributed by atoms with Gasteiger partial charge in [0, 0.05) is 5.69 Å². The fourth-order valence-corrected chi connectivity index (χ4v) is 1.72. The van der Waals surface area contributed by atoms with E-state index in [0.717, 1.165) is 4.52 Å². The number of alkyl halides is 3. The van der Waals surface area contributed by atoms with Crippen LogP contribution in [0.25, 0.3) is 5.65 Å². The maximum absolute atomic E-state index is 13.1. The van der Waals surface area contributed by atoms with Crippen LogP contribution in [0.3, 0.4) is 0 Å². The van der Waals surface area contributed by atoms with E-state index in [1.165, 1.54) is 6.07 Å². The summed E-state index contributed by atoms with van der Waals surface area (Å²) in [5, 5.41) is 0.627. The first-order chi connectivity index (χ1) is 7.30. The second-order valence-corrected chi connectivity index (χ2v) is 4.27. The Balaban J connectivity index is 2.89. The standard InChI is InChI=1S/C9H7Cl2F2N3/c1-4-3-6(9(11,12)13)16-8(14-4)7(10)5(2)15-16/h3H,1-2H3. The van der Waals surface area contributed by atoms with Gasteiger partial charge in [0.1, 0.15) is 10.7 Å². The SMILES string of the molecule is Cc1cc(C(F)(F)Cl)n2nc(C)c(Cl)c2n1. The summed E-state index contributed by atoms with van der Waals surface area (Å²) in [5.74, 6) is 0. The third kappa shape index (κ3) is 1.74. The van der Waals surface area contributed by atoms with Crippen LogP contribution in [0, 0.1) is 13.8 Å². The molecule has 2 heterocycles. The Labute approximate surface area is 100.0 Å². The molecule has 0 fully saturated rings. The number of aromatic nitrogens is 3. The Kier molecular flexibility index (Phi) is 2.55. The van der Waals surface area contributed by atoms with Gasteiger partial charge in [-0.2, -0.15) is 13.9 Å². The molecule has 0 amide bonds. The number of hydrogen-bond acceptors (Lipinski definition) is 2. The first-order valence-electron chi connectivity index (χ1n) is 4.40. The highest BCUT2D eigenvalue weighted by Crippen LogP contribution is 2.34. The van der Waals surface area contributed by atoms with Gasteiger partial charge >= 0.3 is 5.38 Å². The summed E-state index contributed by atoms with van der Waals surface area (Å²) in [5.41, 5.74) is 0.590. The lowest BCUT2D eigenvalue weighted by molar-refractivity contribution is 0.0871. The van der Waals surface area contributed by atoms with Crippen LogP contribution in [-0.4, -0.2) is 14.6 Å². The summed E-state index contributed by atoms with van der Waals surface area (Å²) in [6, 6.07) is 1.18. The number of rotatable bonds is 1. The highest BCUT2D eigenvalue weighted by molar-refractivity contribution is 6.34. The van der Waals surface area contributed by atoms with Gasteiger partial charge in [0.2, 0.25) is 0 Å². The molecule has 0 unspecified atom stereocenters. The Morgan fingerprint density at radius 2 is 2.00 bits per heavy atom. The van der Waals surface area contributed by atoms with Gasteiger partial charge in [0.25, 0.3) is 0 Å².